The molecule has 17 heavy (non-hydrogen) atoms. The predicted molar refractivity (Wildman–Crippen MR) is 67.9 cm³/mol. The van der Waals surface area contributed by atoms with E-state index in [0.717, 1.165) is 15.9 Å². The topological polar surface area (TPSA) is 39.4 Å². The van der Waals surface area contributed by atoms with Crippen molar-refractivity contribution < 1.29 is 13.5 Å². The van der Waals surface area contributed by atoms with Gasteiger partial charge in [-0.15, -0.1) is 0 Å². The van der Waals surface area contributed by atoms with Crippen LogP contribution in [0.25, 0.3) is 21.5 Å². The van der Waals surface area contributed by atoms with Gasteiger partial charge in [0, 0.05) is 16.8 Å². The van der Waals surface area contributed by atoms with Gasteiger partial charge in [0.15, 0.2) is 5.58 Å². The maximum atomic E-state index is 11.9. The lowest BCUT2D eigenvalue weighted by Gasteiger charge is -2.00. The van der Waals surface area contributed by atoms with E-state index in [1.807, 2.05) is 36.4 Å². The Hall–Kier alpha value is -1.86. The molecule has 3 aromatic rings. The van der Waals surface area contributed by atoms with E-state index in [2.05, 4.69) is 0 Å². The predicted octanol–water partition coefficient (Wildman–Crippen LogP) is 4.34. The molecular weight excluding hydrogens is 235 g/mol. The summed E-state index contributed by atoms with van der Waals surface area (Å²) in [6, 6.07) is 13.1. The van der Waals surface area contributed by atoms with Crippen molar-refractivity contribution in [1.82, 2.24) is 0 Å². The largest absolute Gasteiger partial charge is 0.597 e. The summed E-state index contributed by atoms with van der Waals surface area (Å²) < 4.78 is 22.5. The zero-order valence-electron chi connectivity index (χ0n) is 9.21. The Morgan fingerprint density at radius 3 is 2.76 bits per heavy atom. The van der Waals surface area contributed by atoms with Gasteiger partial charge in [0.05, 0.1) is 7.11 Å². The van der Waals surface area contributed by atoms with Crippen LogP contribution in [-0.2, 0) is 4.57 Å². The Morgan fingerprint density at radius 1 is 1.12 bits per heavy atom. The summed E-state index contributed by atoms with van der Waals surface area (Å²) >= 11 is 0. The van der Waals surface area contributed by atoms with Crippen molar-refractivity contribution in [2.75, 3.05) is 7.11 Å². The van der Waals surface area contributed by atoms with Crippen LogP contribution < -0.4 is 4.74 Å². The molecule has 1 atom stereocenters. The van der Waals surface area contributed by atoms with Crippen LogP contribution in [0.4, 0.5) is 0 Å². The fraction of sp³-hybridized carbons (Fsp3) is 0.0769. The van der Waals surface area contributed by atoms with Crippen molar-refractivity contribution in [2.24, 2.45) is 0 Å². The molecule has 1 unspecified atom stereocenters. The van der Waals surface area contributed by atoms with E-state index in [4.69, 9.17) is 8.93 Å². The molecule has 1 aromatic heterocycles. The molecule has 0 aliphatic carbocycles. The molecule has 84 valence electrons. The molecule has 0 saturated carbocycles. The number of methoxy groups -OCH3 is 1. The lowest BCUT2D eigenvalue weighted by atomic mass is 10.1. The van der Waals surface area contributed by atoms with E-state index in [1.165, 1.54) is 0 Å². The van der Waals surface area contributed by atoms with Gasteiger partial charge in [-0.1, -0.05) is 12.1 Å². The van der Waals surface area contributed by atoms with Crippen molar-refractivity contribution >= 4 is 29.1 Å². The Balaban J connectivity index is 2.53. The third-order valence-electron chi connectivity index (χ3n) is 2.76. The maximum absolute atomic E-state index is 11.9. The summed E-state index contributed by atoms with van der Waals surface area (Å²) in [5, 5.41) is 2.67. The number of hydrogen-bond acceptors (Lipinski definition) is 3. The van der Waals surface area contributed by atoms with Gasteiger partial charge >= 0.3 is 7.65 Å². The minimum absolute atomic E-state index is 0.615. The maximum Gasteiger partial charge on any atom is 0.597 e. The van der Waals surface area contributed by atoms with Gasteiger partial charge in [0.25, 0.3) is 0 Å². The highest BCUT2D eigenvalue weighted by Gasteiger charge is 2.15. The van der Waals surface area contributed by atoms with Crippen molar-refractivity contribution in [1.29, 1.82) is 0 Å². The van der Waals surface area contributed by atoms with Crippen molar-refractivity contribution in [3.05, 3.63) is 42.5 Å². The average molecular weight is 245 g/mol. The van der Waals surface area contributed by atoms with Gasteiger partial charge < -0.3 is 4.74 Å². The quantitative estimate of drug-likeness (QED) is 0.599. The molecule has 3 nitrogen and oxygen atoms in total. The zero-order valence-corrected chi connectivity index (χ0v) is 10.1. The molecule has 0 N–H and O–H groups in total. The van der Waals surface area contributed by atoms with Crippen molar-refractivity contribution in [3.8, 4) is 5.75 Å². The van der Waals surface area contributed by atoms with Crippen LogP contribution in [0.2, 0.25) is 0 Å². The van der Waals surface area contributed by atoms with Crippen LogP contribution in [0, 0.1) is 0 Å². The van der Waals surface area contributed by atoms with Gasteiger partial charge in [-0.05, 0) is 28.8 Å². The number of ether oxygens (including phenoxy) is 1. The van der Waals surface area contributed by atoms with Gasteiger partial charge in [-0.25, -0.2) is 4.20 Å². The van der Waals surface area contributed by atoms with E-state index in [1.54, 1.807) is 13.2 Å². The number of rotatable bonds is 1. The Morgan fingerprint density at radius 2 is 1.94 bits per heavy atom. The fourth-order valence-corrected chi connectivity index (χ4v) is 2.95. The van der Waals surface area contributed by atoms with Crippen LogP contribution in [-0.4, -0.2) is 7.11 Å². The van der Waals surface area contributed by atoms with E-state index >= 15 is 0 Å². The summed E-state index contributed by atoms with van der Waals surface area (Å²) in [6.45, 7) is 0. The summed E-state index contributed by atoms with van der Waals surface area (Å²) in [6.07, 6.45) is 0. The highest BCUT2D eigenvalue weighted by molar-refractivity contribution is 7.37. The molecule has 1 heterocycles. The summed E-state index contributed by atoms with van der Waals surface area (Å²) in [7, 11) is -0.221. The van der Waals surface area contributed by atoms with Gasteiger partial charge in [0.2, 0.25) is 5.12 Å². The van der Waals surface area contributed by atoms with Crippen LogP contribution >= 0.6 is 7.65 Å². The van der Waals surface area contributed by atoms with E-state index in [0.29, 0.717) is 11.3 Å². The van der Waals surface area contributed by atoms with Gasteiger partial charge in [0.1, 0.15) is 5.75 Å². The van der Waals surface area contributed by atoms with Crippen LogP contribution in [0.3, 0.4) is 0 Å². The van der Waals surface area contributed by atoms with Crippen LogP contribution in [0.1, 0.15) is 0 Å². The summed E-state index contributed by atoms with van der Waals surface area (Å²) in [5.74, 6) is 0.700. The van der Waals surface area contributed by atoms with Crippen molar-refractivity contribution in [2.45, 2.75) is 0 Å². The first kappa shape index (κ1) is 10.3. The standard InChI is InChI=1S/C13H10O3P/c1-15-9-6-7-10-11-4-2-3-5-13(11)17(14)16-12(10)8-9/h2-8H,1H3/q+1. The lowest BCUT2D eigenvalue weighted by Crippen LogP contribution is -1.82. The first-order valence-corrected chi connectivity index (χ1v) is 6.40. The monoisotopic (exact) mass is 245 g/mol. The second-order valence-corrected chi connectivity index (χ2v) is 4.91. The average Bonchev–Trinajstić information content (AvgIpc) is 2.38. The van der Waals surface area contributed by atoms with E-state index < -0.39 is 7.65 Å². The second-order valence-electron chi connectivity index (χ2n) is 3.73. The molecule has 4 heteroatoms. The number of benzene rings is 2. The minimum atomic E-state index is -1.82. The lowest BCUT2D eigenvalue weighted by molar-refractivity contribution is 0.414. The first-order chi connectivity index (χ1) is 8.29. The van der Waals surface area contributed by atoms with Gasteiger partial charge in [-0.3, -0.25) is 0 Å². The third-order valence-corrected chi connectivity index (χ3v) is 3.91. The minimum Gasteiger partial charge on any atom is -0.497 e. The highest BCUT2D eigenvalue weighted by Crippen LogP contribution is 2.36. The smallest absolute Gasteiger partial charge is 0.497 e. The van der Waals surface area contributed by atoms with Crippen LogP contribution in [0.5, 0.6) is 5.75 Å². The second kappa shape index (κ2) is 3.86. The molecule has 0 saturated heterocycles. The number of hydrogen-bond donors (Lipinski definition) is 0. The normalized spacial score (nSPS) is 11.9. The Kier molecular flexibility index (Phi) is 2.34. The molecule has 0 spiro atoms. The van der Waals surface area contributed by atoms with Crippen molar-refractivity contribution in [3.63, 3.8) is 0 Å². The van der Waals surface area contributed by atoms with Crippen LogP contribution in [0.15, 0.2) is 46.7 Å². The molecule has 0 radical (unpaired) electrons. The summed E-state index contributed by atoms with van der Waals surface area (Å²) in [5.41, 5.74) is 0.615. The first-order valence-electron chi connectivity index (χ1n) is 5.22. The molecule has 0 fully saturated rings. The molecule has 2 aromatic carbocycles. The molecular formula is C13H10O3P+. The molecule has 0 bridgehead atoms. The zero-order chi connectivity index (χ0) is 11.8. The Labute approximate surface area is 98.5 Å². The molecule has 0 aliphatic heterocycles. The molecule has 3 rings (SSSR count). The van der Waals surface area contributed by atoms with Gasteiger partial charge in [-0.2, -0.15) is 0 Å². The SMILES string of the molecule is COc1ccc2c(c1)o[p+](=O)c1ccccc21. The molecule has 0 amide bonds. The Bertz CT molecular complexity index is 761. The highest BCUT2D eigenvalue weighted by atomic mass is 31.1. The third kappa shape index (κ3) is 1.60. The van der Waals surface area contributed by atoms with E-state index in [9.17, 15) is 4.57 Å². The number of fused-ring (bicyclic) bond motifs is 3. The molecule has 0 aliphatic rings. The fourth-order valence-electron chi connectivity index (χ4n) is 1.93. The summed E-state index contributed by atoms with van der Waals surface area (Å²) in [4.78, 5) is 0. The van der Waals surface area contributed by atoms with E-state index in [-0.39, 0.29) is 0 Å².